The number of carbonyl (C=O) groups excluding carboxylic acids is 1. The van der Waals surface area contributed by atoms with Crippen molar-refractivity contribution >= 4 is 23.2 Å². The summed E-state index contributed by atoms with van der Waals surface area (Å²) >= 11 is 5.98. The molecule has 3 rings (SSSR count). The molecule has 1 aliphatic heterocycles. The van der Waals surface area contributed by atoms with Gasteiger partial charge in [0.15, 0.2) is 0 Å². The first-order valence-electron chi connectivity index (χ1n) is 5.69. The van der Waals surface area contributed by atoms with Crippen LogP contribution in [0.5, 0.6) is 0 Å². The Labute approximate surface area is 110 Å². The summed E-state index contributed by atoms with van der Waals surface area (Å²) in [6.07, 6.45) is 2.13. The van der Waals surface area contributed by atoms with Gasteiger partial charge in [0, 0.05) is 22.5 Å². The molecule has 18 heavy (non-hydrogen) atoms. The molecule has 0 unspecified atom stereocenters. The summed E-state index contributed by atoms with van der Waals surface area (Å²) in [6, 6.07) is 7.50. The lowest BCUT2D eigenvalue weighted by atomic mass is 9.99. The molecule has 0 spiro atoms. The first-order chi connectivity index (χ1) is 8.63. The molecule has 1 aliphatic rings. The Kier molecular flexibility index (Phi) is 2.56. The molecule has 1 N–H and O–H groups in total. The summed E-state index contributed by atoms with van der Waals surface area (Å²) in [5.41, 5.74) is 4.59. The van der Waals surface area contributed by atoms with Gasteiger partial charge in [-0.3, -0.25) is 9.78 Å². The van der Waals surface area contributed by atoms with Crippen molar-refractivity contribution in [2.24, 2.45) is 0 Å². The van der Waals surface area contributed by atoms with E-state index >= 15 is 0 Å². The minimum Gasteiger partial charge on any atom is -0.325 e. The smallest absolute Gasteiger partial charge is 0.228 e. The van der Waals surface area contributed by atoms with Crippen LogP contribution in [0.1, 0.15) is 11.3 Å². The van der Waals surface area contributed by atoms with Crippen LogP contribution in [-0.4, -0.2) is 10.9 Å². The molecule has 1 aromatic carbocycles. The van der Waals surface area contributed by atoms with E-state index in [0.29, 0.717) is 11.4 Å². The molecule has 4 heteroatoms. The highest BCUT2D eigenvalue weighted by Crippen LogP contribution is 2.34. The van der Waals surface area contributed by atoms with E-state index in [1.165, 1.54) is 0 Å². The third kappa shape index (κ3) is 1.87. The van der Waals surface area contributed by atoms with Crippen LogP contribution in [0.4, 0.5) is 5.69 Å². The number of pyridine rings is 1. The number of aromatic nitrogens is 1. The number of halogens is 1. The molecular formula is C14H11ClN2O. The lowest BCUT2D eigenvalue weighted by Gasteiger charge is -2.09. The van der Waals surface area contributed by atoms with E-state index in [4.69, 9.17) is 11.6 Å². The molecule has 0 saturated carbocycles. The number of aryl methyl sites for hydroxylation is 1. The van der Waals surface area contributed by atoms with Crippen LogP contribution in [0, 0.1) is 6.92 Å². The Morgan fingerprint density at radius 2 is 2.11 bits per heavy atom. The molecule has 0 saturated heterocycles. The van der Waals surface area contributed by atoms with Gasteiger partial charge in [-0.05, 0) is 36.2 Å². The molecule has 0 atom stereocenters. The van der Waals surface area contributed by atoms with Crippen LogP contribution < -0.4 is 5.32 Å². The van der Waals surface area contributed by atoms with Gasteiger partial charge in [-0.15, -0.1) is 0 Å². The van der Waals surface area contributed by atoms with Crippen LogP contribution in [0.25, 0.3) is 11.1 Å². The molecule has 0 bridgehead atoms. The van der Waals surface area contributed by atoms with Crippen LogP contribution in [-0.2, 0) is 11.2 Å². The topological polar surface area (TPSA) is 42.0 Å². The number of fused-ring (bicyclic) bond motifs is 3. The van der Waals surface area contributed by atoms with E-state index in [1.54, 1.807) is 6.20 Å². The van der Waals surface area contributed by atoms with Crippen LogP contribution in [0.15, 0.2) is 30.5 Å². The molecule has 0 aliphatic carbocycles. The normalized spacial score (nSPS) is 13.3. The molecule has 1 aromatic heterocycles. The maximum absolute atomic E-state index is 11.9. The van der Waals surface area contributed by atoms with Crippen molar-refractivity contribution in [2.75, 3.05) is 5.32 Å². The Hall–Kier alpha value is -1.87. The number of nitrogens with one attached hydrogen (secondary N) is 1. The van der Waals surface area contributed by atoms with E-state index in [-0.39, 0.29) is 5.91 Å². The molecule has 1 amide bonds. The van der Waals surface area contributed by atoms with E-state index in [2.05, 4.69) is 10.3 Å². The summed E-state index contributed by atoms with van der Waals surface area (Å²) in [7, 11) is 0. The molecule has 0 radical (unpaired) electrons. The van der Waals surface area contributed by atoms with Crippen molar-refractivity contribution in [3.63, 3.8) is 0 Å². The fourth-order valence-electron chi connectivity index (χ4n) is 2.22. The SMILES string of the molecule is Cc1cc2c(cn1)-c1ccc(Cl)cc1CC(=O)N2. The third-order valence-corrected chi connectivity index (χ3v) is 3.26. The van der Waals surface area contributed by atoms with Gasteiger partial charge in [0.05, 0.1) is 12.1 Å². The number of benzene rings is 1. The van der Waals surface area contributed by atoms with Crippen LogP contribution in [0.2, 0.25) is 5.02 Å². The van der Waals surface area contributed by atoms with Gasteiger partial charge < -0.3 is 5.32 Å². The second-order valence-electron chi connectivity index (χ2n) is 4.40. The fourth-order valence-corrected chi connectivity index (χ4v) is 2.41. The number of carbonyl (C=O) groups is 1. The number of hydrogen-bond donors (Lipinski definition) is 1. The summed E-state index contributed by atoms with van der Waals surface area (Å²) in [4.78, 5) is 16.2. The van der Waals surface area contributed by atoms with E-state index < -0.39 is 0 Å². The summed E-state index contributed by atoms with van der Waals surface area (Å²) in [6.45, 7) is 1.90. The molecule has 2 aromatic rings. The monoisotopic (exact) mass is 258 g/mol. The minimum atomic E-state index is -0.0251. The molecule has 2 heterocycles. The largest absolute Gasteiger partial charge is 0.325 e. The highest BCUT2D eigenvalue weighted by Gasteiger charge is 2.19. The maximum atomic E-state index is 11.9. The van der Waals surface area contributed by atoms with Gasteiger partial charge in [-0.2, -0.15) is 0 Å². The Morgan fingerprint density at radius 1 is 1.28 bits per heavy atom. The van der Waals surface area contributed by atoms with Crippen LogP contribution in [0.3, 0.4) is 0 Å². The first kappa shape index (κ1) is 11.2. The summed E-state index contributed by atoms with van der Waals surface area (Å²) < 4.78 is 0. The Balaban J connectivity index is 2.28. The number of nitrogens with zero attached hydrogens (tertiary/aromatic N) is 1. The lowest BCUT2D eigenvalue weighted by molar-refractivity contribution is -0.115. The standard InChI is InChI=1S/C14H11ClN2O/c1-8-4-13-12(7-16-8)11-3-2-10(15)5-9(11)6-14(18)17-13/h2-5,7H,6H2,1H3,(H,17,18). The van der Waals surface area contributed by atoms with Gasteiger partial charge in [0.1, 0.15) is 0 Å². The van der Waals surface area contributed by atoms with Gasteiger partial charge in [0.2, 0.25) is 5.91 Å². The van der Waals surface area contributed by atoms with Crippen molar-refractivity contribution in [1.82, 2.24) is 4.98 Å². The zero-order chi connectivity index (χ0) is 12.7. The predicted molar refractivity (Wildman–Crippen MR) is 71.8 cm³/mol. The highest BCUT2D eigenvalue weighted by molar-refractivity contribution is 6.30. The lowest BCUT2D eigenvalue weighted by Crippen LogP contribution is -2.12. The fraction of sp³-hybridized carbons (Fsp3) is 0.143. The van der Waals surface area contributed by atoms with Crippen molar-refractivity contribution < 1.29 is 4.79 Å². The number of anilines is 1. The van der Waals surface area contributed by atoms with Gasteiger partial charge >= 0.3 is 0 Å². The molecule has 90 valence electrons. The van der Waals surface area contributed by atoms with Crippen molar-refractivity contribution in [1.29, 1.82) is 0 Å². The van der Waals surface area contributed by atoms with E-state index in [1.807, 2.05) is 31.2 Å². The van der Waals surface area contributed by atoms with E-state index in [9.17, 15) is 4.79 Å². The first-order valence-corrected chi connectivity index (χ1v) is 6.06. The van der Waals surface area contributed by atoms with Gasteiger partial charge in [0.25, 0.3) is 0 Å². The number of amides is 1. The second-order valence-corrected chi connectivity index (χ2v) is 4.83. The minimum absolute atomic E-state index is 0.0251. The van der Waals surface area contributed by atoms with Crippen molar-refractivity contribution in [3.05, 3.63) is 46.7 Å². The number of rotatable bonds is 0. The number of hydrogen-bond acceptors (Lipinski definition) is 2. The highest BCUT2D eigenvalue weighted by atomic mass is 35.5. The average molecular weight is 259 g/mol. The molecule has 3 nitrogen and oxygen atoms in total. The second kappa shape index (κ2) is 4.10. The van der Waals surface area contributed by atoms with Crippen molar-refractivity contribution in [2.45, 2.75) is 13.3 Å². The van der Waals surface area contributed by atoms with E-state index in [0.717, 1.165) is 28.1 Å². The predicted octanol–water partition coefficient (Wildman–Crippen LogP) is 3.21. The van der Waals surface area contributed by atoms with Crippen LogP contribution >= 0.6 is 11.6 Å². The summed E-state index contributed by atoms with van der Waals surface area (Å²) in [5.74, 6) is -0.0251. The quantitative estimate of drug-likeness (QED) is 0.788. The zero-order valence-corrected chi connectivity index (χ0v) is 10.6. The molecule has 0 fully saturated rings. The van der Waals surface area contributed by atoms with Gasteiger partial charge in [-0.1, -0.05) is 17.7 Å². The average Bonchev–Trinajstić information content (AvgIpc) is 2.42. The third-order valence-electron chi connectivity index (χ3n) is 3.02. The zero-order valence-electron chi connectivity index (χ0n) is 9.83. The van der Waals surface area contributed by atoms with Gasteiger partial charge in [-0.25, -0.2) is 0 Å². The van der Waals surface area contributed by atoms with Crippen molar-refractivity contribution in [3.8, 4) is 11.1 Å². The Bertz CT molecular complexity index is 597. The maximum Gasteiger partial charge on any atom is 0.228 e. The molecular weight excluding hydrogens is 248 g/mol. The Morgan fingerprint density at radius 3 is 2.94 bits per heavy atom. The summed E-state index contributed by atoms with van der Waals surface area (Å²) in [5, 5.41) is 3.55.